The van der Waals surface area contributed by atoms with Crippen LogP contribution in [0.4, 0.5) is 0 Å². The standard InChI is InChI=1S/C17H29N3O6S.2ClH/c1-27(25,26)19-13-6-15(17(23)24)20(9-13)8-10-2-3-11-7-18-14(16(21)22)5-12(11)4-10;;/h10-15,18-19H,2-9H2,1H3,(H,21,22)(H,23,24);2*1H. The first-order valence-corrected chi connectivity index (χ1v) is 11.4. The minimum Gasteiger partial charge on any atom is -0.480 e. The summed E-state index contributed by atoms with van der Waals surface area (Å²) in [5.74, 6) is -0.574. The average Bonchev–Trinajstić information content (AvgIpc) is 2.94. The van der Waals surface area contributed by atoms with E-state index in [9.17, 15) is 28.2 Å². The van der Waals surface area contributed by atoms with Gasteiger partial charge in [0, 0.05) is 19.1 Å². The van der Waals surface area contributed by atoms with Gasteiger partial charge in [-0.25, -0.2) is 13.1 Å². The van der Waals surface area contributed by atoms with E-state index < -0.39 is 34.0 Å². The Morgan fingerprint density at radius 3 is 2.34 bits per heavy atom. The van der Waals surface area contributed by atoms with Gasteiger partial charge in [-0.15, -0.1) is 24.8 Å². The summed E-state index contributed by atoms with van der Waals surface area (Å²) in [6, 6.07) is -1.55. The normalized spacial score (nSPS) is 35.1. The highest BCUT2D eigenvalue weighted by Crippen LogP contribution is 2.39. The molecule has 9 nitrogen and oxygen atoms in total. The molecule has 0 aromatic carbocycles. The number of carbonyl (C=O) groups is 2. The highest BCUT2D eigenvalue weighted by molar-refractivity contribution is 7.88. The van der Waals surface area contributed by atoms with E-state index in [1.165, 1.54) is 0 Å². The number of carboxylic acid groups (broad SMARTS) is 2. The molecular weight excluding hydrogens is 445 g/mol. The highest BCUT2D eigenvalue weighted by atomic mass is 35.5. The second kappa shape index (κ2) is 10.6. The Kier molecular flexibility index (Phi) is 9.63. The first kappa shape index (κ1) is 26.4. The molecule has 1 saturated carbocycles. The summed E-state index contributed by atoms with van der Waals surface area (Å²) in [6.07, 6.45) is 4.90. The molecule has 0 amide bonds. The number of piperidine rings is 1. The average molecular weight is 476 g/mol. The van der Waals surface area contributed by atoms with Crippen LogP contribution in [0.5, 0.6) is 0 Å². The summed E-state index contributed by atoms with van der Waals surface area (Å²) >= 11 is 0. The molecule has 1 aliphatic carbocycles. The topological polar surface area (TPSA) is 136 Å². The maximum Gasteiger partial charge on any atom is 0.320 e. The number of rotatable bonds is 6. The van der Waals surface area contributed by atoms with Crippen molar-refractivity contribution in [3.8, 4) is 0 Å². The van der Waals surface area contributed by atoms with Gasteiger partial charge in [-0.3, -0.25) is 14.5 Å². The zero-order valence-electron chi connectivity index (χ0n) is 16.3. The van der Waals surface area contributed by atoms with E-state index in [1.807, 2.05) is 4.90 Å². The van der Waals surface area contributed by atoms with Crippen LogP contribution in [-0.2, 0) is 19.6 Å². The van der Waals surface area contributed by atoms with Crippen molar-refractivity contribution < 1.29 is 28.2 Å². The number of hydrogen-bond acceptors (Lipinski definition) is 6. The Hall–Kier alpha value is -0.650. The second-order valence-electron chi connectivity index (χ2n) is 8.36. The van der Waals surface area contributed by atoms with Gasteiger partial charge in [0.05, 0.1) is 6.26 Å². The van der Waals surface area contributed by atoms with Crippen molar-refractivity contribution >= 4 is 46.8 Å². The van der Waals surface area contributed by atoms with Crippen molar-refractivity contribution in [3.63, 3.8) is 0 Å². The Balaban J connectivity index is 0.00000210. The third-order valence-corrected chi connectivity index (χ3v) is 7.03. The minimum atomic E-state index is -3.38. The first-order chi connectivity index (χ1) is 12.6. The third kappa shape index (κ3) is 6.93. The van der Waals surface area contributed by atoms with E-state index in [1.54, 1.807) is 0 Å². The van der Waals surface area contributed by atoms with Crippen LogP contribution in [0.15, 0.2) is 0 Å². The number of hydrogen-bond donors (Lipinski definition) is 4. The molecule has 4 N–H and O–H groups in total. The van der Waals surface area contributed by atoms with Crippen LogP contribution in [0.1, 0.15) is 32.1 Å². The van der Waals surface area contributed by atoms with Gasteiger partial charge < -0.3 is 15.5 Å². The van der Waals surface area contributed by atoms with Gasteiger partial charge in [0.15, 0.2) is 0 Å². The third-order valence-electron chi connectivity index (χ3n) is 6.27. The largest absolute Gasteiger partial charge is 0.480 e. The van der Waals surface area contributed by atoms with Gasteiger partial charge in [0.25, 0.3) is 0 Å². The molecule has 0 spiro atoms. The number of nitrogens with zero attached hydrogens (tertiary/aromatic N) is 1. The molecule has 6 unspecified atom stereocenters. The zero-order chi connectivity index (χ0) is 19.8. The van der Waals surface area contributed by atoms with Crippen LogP contribution in [0.3, 0.4) is 0 Å². The fraction of sp³-hybridized carbons (Fsp3) is 0.882. The molecule has 0 radical (unpaired) electrons. The molecule has 0 aromatic rings. The predicted molar refractivity (Wildman–Crippen MR) is 112 cm³/mol. The van der Waals surface area contributed by atoms with Crippen LogP contribution in [-0.4, -0.2) is 79.5 Å². The predicted octanol–water partition coefficient (Wildman–Crippen LogP) is 0.386. The van der Waals surface area contributed by atoms with E-state index in [0.717, 1.165) is 32.1 Å². The van der Waals surface area contributed by atoms with Gasteiger partial charge in [0.2, 0.25) is 10.0 Å². The molecule has 3 fully saturated rings. The Morgan fingerprint density at radius 2 is 1.76 bits per heavy atom. The van der Waals surface area contributed by atoms with Crippen molar-refractivity contribution in [2.75, 3.05) is 25.9 Å². The van der Waals surface area contributed by atoms with Crippen molar-refractivity contribution in [1.82, 2.24) is 14.9 Å². The maximum absolute atomic E-state index is 11.6. The lowest BCUT2D eigenvalue weighted by atomic mass is 9.69. The van der Waals surface area contributed by atoms with Gasteiger partial charge >= 0.3 is 11.9 Å². The summed E-state index contributed by atoms with van der Waals surface area (Å²) < 4.78 is 25.5. The van der Waals surface area contributed by atoms with Crippen molar-refractivity contribution in [3.05, 3.63) is 0 Å². The van der Waals surface area contributed by atoms with Crippen LogP contribution in [0, 0.1) is 17.8 Å². The Labute approximate surface area is 183 Å². The van der Waals surface area contributed by atoms with Crippen LogP contribution in [0.2, 0.25) is 0 Å². The maximum atomic E-state index is 11.6. The molecule has 2 aliphatic heterocycles. The Morgan fingerprint density at radius 1 is 1.07 bits per heavy atom. The van der Waals surface area contributed by atoms with Crippen LogP contribution < -0.4 is 10.0 Å². The van der Waals surface area contributed by atoms with E-state index in [4.69, 9.17) is 0 Å². The monoisotopic (exact) mass is 475 g/mol. The summed E-state index contributed by atoms with van der Waals surface area (Å²) in [4.78, 5) is 24.8. The second-order valence-corrected chi connectivity index (χ2v) is 10.1. The number of carboxylic acids is 2. The van der Waals surface area contributed by atoms with Gasteiger partial charge in [-0.05, 0) is 56.4 Å². The molecule has 0 aromatic heterocycles. The SMILES string of the molecule is CS(=O)(=O)NC1CC(C(=O)O)N(CC2CCC3CNC(C(=O)O)CC3C2)C1.Cl.Cl. The lowest BCUT2D eigenvalue weighted by molar-refractivity contribution is -0.143. The quantitative estimate of drug-likeness (QED) is 0.432. The fourth-order valence-electron chi connectivity index (χ4n) is 5.10. The molecule has 12 heteroatoms. The summed E-state index contributed by atoms with van der Waals surface area (Å²) in [6.45, 7) is 1.75. The number of sulfonamides is 1. The van der Waals surface area contributed by atoms with Crippen LogP contribution in [0.25, 0.3) is 0 Å². The molecule has 3 aliphatic rings. The van der Waals surface area contributed by atoms with Gasteiger partial charge in [-0.2, -0.15) is 0 Å². The lowest BCUT2D eigenvalue weighted by Crippen LogP contribution is -2.50. The molecule has 3 rings (SSSR count). The van der Waals surface area contributed by atoms with Crippen molar-refractivity contribution in [2.45, 2.75) is 50.2 Å². The number of fused-ring (bicyclic) bond motifs is 1. The number of likely N-dealkylation sites (tertiary alicyclic amines) is 1. The smallest absolute Gasteiger partial charge is 0.320 e. The molecular formula is C17H31Cl2N3O6S. The molecule has 170 valence electrons. The number of halogens is 2. The van der Waals surface area contributed by atoms with Crippen molar-refractivity contribution in [1.29, 1.82) is 0 Å². The van der Waals surface area contributed by atoms with E-state index in [-0.39, 0.29) is 37.3 Å². The molecule has 0 bridgehead atoms. The van der Waals surface area contributed by atoms with Gasteiger partial charge in [-0.1, -0.05) is 0 Å². The van der Waals surface area contributed by atoms with Crippen LogP contribution >= 0.6 is 24.8 Å². The first-order valence-electron chi connectivity index (χ1n) is 9.52. The van der Waals surface area contributed by atoms with Crippen molar-refractivity contribution in [2.24, 2.45) is 17.8 Å². The van der Waals surface area contributed by atoms with E-state index in [2.05, 4.69) is 10.0 Å². The van der Waals surface area contributed by atoms with E-state index >= 15 is 0 Å². The van der Waals surface area contributed by atoms with E-state index in [0.29, 0.717) is 37.3 Å². The molecule has 6 atom stereocenters. The molecule has 2 heterocycles. The number of aliphatic carboxylic acids is 2. The summed E-state index contributed by atoms with van der Waals surface area (Å²) in [5, 5.41) is 21.9. The summed E-state index contributed by atoms with van der Waals surface area (Å²) in [5.41, 5.74) is 0. The van der Waals surface area contributed by atoms with Gasteiger partial charge in [0.1, 0.15) is 12.1 Å². The molecule has 2 saturated heterocycles. The zero-order valence-corrected chi connectivity index (χ0v) is 18.8. The fourth-order valence-corrected chi connectivity index (χ4v) is 5.87. The molecule has 29 heavy (non-hydrogen) atoms. The minimum absolute atomic E-state index is 0. The summed E-state index contributed by atoms with van der Waals surface area (Å²) in [7, 11) is -3.38. The highest BCUT2D eigenvalue weighted by Gasteiger charge is 2.42. The Bertz CT molecular complexity index is 695. The lowest BCUT2D eigenvalue weighted by Gasteiger charge is -2.42. The number of nitrogens with one attached hydrogen (secondary N) is 2.